The Hall–Kier alpha value is -0.810. The Balaban J connectivity index is 2.07. The molecular formula is C13H25N3O2. The molecular weight excluding hydrogens is 230 g/mol. The summed E-state index contributed by atoms with van der Waals surface area (Å²) < 4.78 is 5.49. The van der Waals surface area contributed by atoms with Crippen molar-refractivity contribution in [1.29, 1.82) is 0 Å². The molecule has 0 bridgehead atoms. The van der Waals surface area contributed by atoms with Crippen molar-refractivity contribution >= 4 is 6.09 Å². The van der Waals surface area contributed by atoms with Gasteiger partial charge in [0.25, 0.3) is 0 Å². The number of hydrogen-bond acceptors (Lipinski definition) is 4. The van der Waals surface area contributed by atoms with Gasteiger partial charge >= 0.3 is 6.09 Å². The highest BCUT2D eigenvalue weighted by molar-refractivity contribution is 5.69. The molecule has 0 aliphatic carbocycles. The molecule has 0 aromatic heterocycles. The quantitative estimate of drug-likeness (QED) is 0.751. The third kappa shape index (κ3) is 2.62. The molecule has 5 heteroatoms. The summed E-state index contributed by atoms with van der Waals surface area (Å²) in [4.78, 5) is 16.4. The lowest BCUT2D eigenvalue weighted by molar-refractivity contribution is 0.0216. The summed E-state index contributed by atoms with van der Waals surface area (Å²) in [5.41, 5.74) is 5.39. The van der Waals surface area contributed by atoms with Gasteiger partial charge in [-0.2, -0.15) is 0 Å². The molecule has 2 fully saturated rings. The van der Waals surface area contributed by atoms with Gasteiger partial charge in [-0.15, -0.1) is 0 Å². The summed E-state index contributed by atoms with van der Waals surface area (Å²) in [5, 5.41) is 0. The first kappa shape index (κ1) is 13.6. The van der Waals surface area contributed by atoms with Gasteiger partial charge in [0.15, 0.2) is 0 Å². The fourth-order valence-electron chi connectivity index (χ4n) is 3.11. The smallest absolute Gasteiger partial charge is 0.410 e. The van der Waals surface area contributed by atoms with Crippen molar-refractivity contribution in [2.45, 2.75) is 32.4 Å². The van der Waals surface area contributed by atoms with Gasteiger partial charge in [0.1, 0.15) is 5.60 Å². The van der Waals surface area contributed by atoms with Crippen LogP contribution in [-0.2, 0) is 4.74 Å². The summed E-state index contributed by atoms with van der Waals surface area (Å²) in [5.74, 6) is 0.917. The van der Waals surface area contributed by atoms with E-state index in [2.05, 4.69) is 11.9 Å². The number of likely N-dealkylation sites (N-methyl/N-ethyl adjacent to an activating group) is 1. The van der Waals surface area contributed by atoms with E-state index in [1.54, 1.807) is 0 Å². The van der Waals surface area contributed by atoms with Gasteiger partial charge in [0, 0.05) is 19.6 Å². The fraction of sp³-hybridized carbons (Fsp3) is 0.923. The third-order valence-corrected chi connectivity index (χ3v) is 3.88. The molecule has 3 unspecified atom stereocenters. The van der Waals surface area contributed by atoms with E-state index < -0.39 is 5.60 Å². The SMILES string of the molecule is CN1CC2C(CN)CN(C(=O)OC(C)(C)C)C2C1. The molecule has 0 spiro atoms. The third-order valence-electron chi connectivity index (χ3n) is 3.88. The Bertz CT molecular complexity index is 327. The van der Waals surface area contributed by atoms with Crippen molar-refractivity contribution in [3.63, 3.8) is 0 Å². The minimum absolute atomic E-state index is 0.191. The normalized spacial score (nSPS) is 32.7. The number of likely N-dealkylation sites (tertiary alicyclic amines) is 2. The molecule has 104 valence electrons. The maximum Gasteiger partial charge on any atom is 0.410 e. The predicted octanol–water partition coefficient (Wildman–Crippen LogP) is 0.742. The molecule has 0 radical (unpaired) electrons. The van der Waals surface area contributed by atoms with E-state index in [0.717, 1.165) is 19.6 Å². The van der Waals surface area contributed by atoms with Crippen LogP contribution >= 0.6 is 0 Å². The number of fused-ring (bicyclic) bond motifs is 1. The molecule has 2 rings (SSSR count). The van der Waals surface area contributed by atoms with E-state index >= 15 is 0 Å². The van der Waals surface area contributed by atoms with Crippen molar-refractivity contribution in [3.05, 3.63) is 0 Å². The first-order valence-corrected chi connectivity index (χ1v) is 6.70. The number of ether oxygens (including phenoxy) is 1. The van der Waals surface area contributed by atoms with Crippen LogP contribution in [0.2, 0.25) is 0 Å². The second-order valence-electron chi connectivity index (χ2n) is 6.58. The second-order valence-corrected chi connectivity index (χ2v) is 6.58. The van der Waals surface area contributed by atoms with E-state index in [-0.39, 0.29) is 12.1 Å². The van der Waals surface area contributed by atoms with Crippen LogP contribution in [0.3, 0.4) is 0 Å². The molecule has 2 N–H and O–H groups in total. The molecule has 0 aromatic carbocycles. The van der Waals surface area contributed by atoms with Crippen molar-refractivity contribution < 1.29 is 9.53 Å². The summed E-state index contributed by atoms with van der Waals surface area (Å²) in [6, 6.07) is 0.276. The van der Waals surface area contributed by atoms with E-state index in [1.807, 2.05) is 25.7 Å². The van der Waals surface area contributed by atoms with Gasteiger partial charge in [-0.05, 0) is 46.2 Å². The van der Waals surface area contributed by atoms with Crippen LogP contribution in [-0.4, -0.2) is 60.8 Å². The van der Waals surface area contributed by atoms with E-state index in [9.17, 15) is 4.79 Å². The molecule has 2 saturated heterocycles. The lowest BCUT2D eigenvalue weighted by Gasteiger charge is -2.28. The van der Waals surface area contributed by atoms with E-state index in [0.29, 0.717) is 18.4 Å². The van der Waals surface area contributed by atoms with Gasteiger partial charge in [-0.25, -0.2) is 4.79 Å². The van der Waals surface area contributed by atoms with Gasteiger partial charge in [-0.1, -0.05) is 0 Å². The Morgan fingerprint density at radius 3 is 2.56 bits per heavy atom. The number of carbonyl (C=O) groups is 1. The molecule has 0 aromatic rings. The summed E-state index contributed by atoms with van der Waals surface area (Å²) >= 11 is 0. The zero-order valence-corrected chi connectivity index (χ0v) is 11.8. The van der Waals surface area contributed by atoms with Gasteiger partial charge in [0.05, 0.1) is 6.04 Å². The lowest BCUT2D eigenvalue weighted by Crippen LogP contribution is -2.42. The second kappa shape index (κ2) is 4.70. The van der Waals surface area contributed by atoms with Crippen LogP contribution in [0, 0.1) is 11.8 Å². The predicted molar refractivity (Wildman–Crippen MR) is 70.3 cm³/mol. The maximum absolute atomic E-state index is 12.2. The maximum atomic E-state index is 12.2. The van der Waals surface area contributed by atoms with Crippen molar-refractivity contribution in [3.8, 4) is 0 Å². The van der Waals surface area contributed by atoms with Crippen LogP contribution in [0.5, 0.6) is 0 Å². The van der Waals surface area contributed by atoms with Gasteiger partial charge in [-0.3, -0.25) is 0 Å². The summed E-state index contributed by atoms with van der Waals surface area (Å²) in [6.07, 6.45) is -0.191. The van der Waals surface area contributed by atoms with Crippen molar-refractivity contribution in [2.75, 3.05) is 33.2 Å². The number of nitrogens with zero attached hydrogens (tertiary/aromatic N) is 2. The highest BCUT2D eigenvalue weighted by Gasteiger charge is 2.48. The van der Waals surface area contributed by atoms with E-state index in [1.165, 1.54) is 0 Å². The topological polar surface area (TPSA) is 58.8 Å². The van der Waals surface area contributed by atoms with E-state index in [4.69, 9.17) is 10.5 Å². The molecule has 0 saturated carbocycles. The molecule has 1 amide bonds. The molecule has 2 heterocycles. The highest BCUT2D eigenvalue weighted by atomic mass is 16.6. The number of nitrogens with two attached hydrogens (primary N) is 1. The van der Waals surface area contributed by atoms with Gasteiger partial charge < -0.3 is 20.3 Å². The zero-order valence-electron chi connectivity index (χ0n) is 11.8. The monoisotopic (exact) mass is 255 g/mol. The summed E-state index contributed by atoms with van der Waals surface area (Å²) in [6.45, 7) is 9.06. The number of hydrogen-bond donors (Lipinski definition) is 1. The molecule has 5 nitrogen and oxygen atoms in total. The molecule has 2 aliphatic heterocycles. The van der Waals surface area contributed by atoms with Gasteiger partial charge in [0.2, 0.25) is 0 Å². The van der Waals surface area contributed by atoms with Crippen molar-refractivity contribution in [2.24, 2.45) is 17.6 Å². The minimum atomic E-state index is -0.433. The first-order chi connectivity index (χ1) is 8.31. The number of carbonyl (C=O) groups excluding carboxylic acids is 1. The summed E-state index contributed by atoms with van der Waals surface area (Å²) in [7, 11) is 2.10. The Morgan fingerprint density at radius 2 is 2.00 bits per heavy atom. The first-order valence-electron chi connectivity index (χ1n) is 6.70. The molecule has 18 heavy (non-hydrogen) atoms. The molecule has 3 atom stereocenters. The molecule has 2 aliphatic rings. The Morgan fingerprint density at radius 1 is 1.33 bits per heavy atom. The van der Waals surface area contributed by atoms with Crippen LogP contribution in [0.15, 0.2) is 0 Å². The van der Waals surface area contributed by atoms with Crippen LogP contribution < -0.4 is 5.73 Å². The largest absolute Gasteiger partial charge is 0.444 e. The average Bonchev–Trinajstić information content (AvgIpc) is 2.71. The van der Waals surface area contributed by atoms with Crippen LogP contribution in [0.25, 0.3) is 0 Å². The van der Waals surface area contributed by atoms with Crippen LogP contribution in [0.4, 0.5) is 4.79 Å². The average molecular weight is 255 g/mol. The lowest BCUT2D eigenvalue weighted by atomic mass is 9.93. The Labute approximate surface area is 109 Å². The Kier molecular flexibility index (Phi) is 3.56. The number of amides is 1. The number of rotatable bonds is 1. The minimum Gasteiger partial charge on any atom is -0.444 e. The standard InChI is InChI=1S/C13H25N3O2/c1-13(2,3)18-12(17)16-6-9(5-14)10-7-15(4)8-11(10)16/h9-11H,5-8,14H2,1-4H3. The fourth-order valence-corrected chi connectivity index (χ4v) is 3.11. The van der Waals surface area contributed by atoms with Crippen LogP contribution in [0.1, 0.15) is 20.8 Å². The van der Waals surface area contributed by atoms with Crippen molar-refractivity contribution in [1.82, 2.24) is 9.80 Å². The highest BCUT2D eigenvalue weighted by Crippen LogP contribution is 2.35. The zero-order chi connectivity index (χ0) is 13.5.